The highest BCUT2D eigenvalue weighted by Gasteiger charge is 2.31. The Balaban J connectivity index is 1.90. The summed E-state index contributed by atoms with van der Waals surface area (Å²) in [6.07, 6.45) is -1.96. The Morgan fingerprint density at radius 1 is 1.29 bits per heavy atom. The van der Waals surface area contributed by atoms with E-state index in [4.69, 9.17) is 4.74 Å². The van der Waals surface area contributed by atoms with Crippen LogP contribution in [0, 0.1) is 5.92 Å². The van der Waals surface area contributed by atoms with Crippen molar-refractivity contribution in [3.63, 3.8) is 0 Å². The number of hydrogen-bond acceptors (Lipinski definition) is 3. The van der Waals surface area contributed by atoms with Gasteiger partial charge in [0.2, 0.25) is 0 Å². The number of methoxy groups -OCH3 is 1. The topological polar surface area (TPSA) is 64.1 Å². The van der Waals surface area contributed by atoms with Gasteiger partial charge < -0.3 is 9.72 Å². The number of hydrogen-bond donors (Lipinski definition) is 1. The number of nitrogens with one attached hydrogen (secondary N) is 1. The third kappa shape index (κ3) is 3.10. The Labute approximate surface area is 135 Å². The Hall–Kier alpha value is -2.09. The van der Waals surface area contributed by atoms with E-state index >= 15 is 0 Å². The summed E-state index contributed by atoms with van der Waals surface area (Å²) in [6, 6.07) is 2.75. The molecule has 1 aliphatic carbocycles. The lowest BCUT2D eigenvalue weighted by Gasteiger charge is -2.34. The number of nitrogens with zero attached hydrogens (tertiary/aromatic N) is 1. The highest BCUT2D eigenvalue weighted by Crippen LogP contribution is 2.32. The molecule has 0 saturated heterocycles. The summed E-state index contributed by atoms with van der Waals surface area (Å²) in [5.41, 5.74) is -2.10. The average Bonchev–Trinajstić information content (AvgIpc) is 2.47. The van der Waals surface area contributed by atoms with Crippen LogP contribution in [0.25, 0.3) is 10.9 Å². The van der Waals surface area contributed by atoms with E-state index in [2.05, 4.69) is 4.98 Å². The van der Waals surface area contributed by atoms with Gasteiger partial charge in [0.15, 0.2) is 0 Å². The fourth-order valence-corrected chi connectivity index (χ4v) is 3.04. The SMILES string of the molecule is COC1CC(CCn2c(=O)[nH]c3ccc(C(F)(F)F)cc3c2=O)C1. The normalized spacial score (nSPS) is 21.0. The summed E-state index contributed by atoms with van der Waals surface area (Å²) >= 11 is 0. The molecular weight excluding hydrogens is 325 g/mol. The first-order chi connectivity index (χ1) is 11.3. The maximum atomic E-state index is 12.8. The molecule has 0 atom stereocenters. The first-order valence-electron chi connectivity index (χ1n) is 7.66. The van der Waals surface area contributed by atoms with Crippen molar-refractivity contribution in [1.82, 2.24) is 9.55 Å². The molecule has 8 heteroatoms. The Morgan fingerprint density at radius 3 is 2.62 bits per heavy atom. The summed E-state index contributed by atoms with van der Waals surface area (Å²) in [4.78, 5) is 26.9. The van der Waals surface area contributed by atoms with Crippen LogP contribution in [-0.2, 0) is 17.5 Å². The van der Waals surface area contributed by atoms with Crippen molar-refractivity contribution in [3.8, 4) is 0 Å². The van der Waals surface area contributed by atoms with Gasteiger partial charge in [-0.25, -0.2) is 4.79 Å². The monoisotopic (exact) mass is 342 g/mol. The van der Waals surface area contributed by atoms with Crippen molar-refractivity contribution in [2.45, 2.75) is 38.1 Å². The van der Waals surface area contributed by atoms with Crippen molar-refractivity contribution < 1.29 is 17.9 Å². The lowest BCUT2D eigenvalue weighted by Crippen LogP contribution is -2.37. The van der Waals surface area contributed by atoms with Gasteiger partial charge in [-0.1, -0.05) is 0 Å². The smallest absolute Gasteiger partial charge is 0.381 e. The fourth-order valence-electron chi connectivity index (χ4n) is 3.04. The zero-order valence-electron chi connectivity index (χ0n) is 13.0. The molecule has 1 aliphatic rings. The molecular formula is C16H17F3N2O3. The Bertz CT molecular complexity index is 863. The Kier molecular flexibility index (Phi) is 4.25. The van der Waals surface area contributed by atoms with E-state index in [9.17, 15) is 22.8 Å². The quantitative estimate of drug-likeness (QED) is 0.929. The van der Waals surface area contributed by atoms with E-state index in [0.717, 1.165) is 35.6 Å². The molecule has 0 amide bonds. The Morgan fingerprint density at radius 2 is 2.00 bits per heavy atom. The van der Waals surface area contributed by atoms with Crippen LogP contribution in [-0.4, -0.2) is 22.8 Å². The van der Waals surface area contributed by atoms with Crippen LogP contribution in [0.4, 0.5) is 13.2 Å². The van der Waals surface area contributed by atoms with Crippen molar-refractivity contribution in [2.75, 3.05) is 7.11 Å². The average molecular weight is 342 g/mol. The van der Waals surface area contributed by atoms with E-state index in [1.807, 2.05) is 0 Å². The van der Waals surface area contributed by atoms with E-state index in [0.29, 0.717) is 12.3 Å². The molecule has 0 unspecified atom stereocenters. The number of halogens is 3. The van der Waals surface area contributed by atoms with Gasteiger partial charge in [0.1, 0.15) is 0 Å². The molecule has 0 bridgehead atoms. The van der Waals surface area contributed by atoms with Crippen LogP contribution in [0.3, 0.4) is 0 Å². The number of H-pyrrole nitrogens is 1. The second-order valence-corrected chi connectivity index (χ2v) is 6.13. The number of fused-ring (bicyclic) bond motifs is 1. The van der Waals surface area contributed by atoms with Crippen LogP contribution < -0.4 is 11.2 Å². The summed E-state index contributed by atoms with van der Waals surface area (Å²) in [6.45, 7) is 0.182. The molecule has 130 valence electrons. The number of rotatable bonds is 4. The van der Waals surface area contributed by atoms with Gasteiger partial charge in [-0.15, -0.1) is 0 Å². The molecule has 0 radical (unpaired) electrons. The summed E-state index contributed by atoms with van der Waals surface area (Å²) in [5.74, 6) is 0.360. The maximum absolute atomic E-state index is 12.8. The summed E-state index contributed by atoms with van der Waals surface area (Å²) in [7, 11) is 1.64. The predicted molar refractivity (Wildman–Crippen MR) is 82.0 cm³/mol. The molecule has 1 heterocycles. The second-order valence-electron chi connectivity index (χ2n) is 6.13. The lowest BCUT2D eigenvalue weighted by atomic mass is 9.80. The molecule has 0 spiro atoms. The largest absolute Gasteiger partial charge is 0.416 e. The standard InChI is InChI=1S/C16H17F3N2O3/c1-24-11-6-9(7-11)4-5-21-14(22)12-8-10(16(17,18)19)2-3-13(12)20-15(21)23/h2-3,8-9,11H,4-7H2,1H3,(H,20,23). The van der Waals surface area contributed by atoms with Gasteiger partial charge in [0, 0.05) is 13.7 Å². The molecule has 0 aliphatic heterocycles. The molecule has 1 aromatic carbocycles. The van der Waals surface area contributed by atoms with Crippen LogP contribution in [0.2, 0.25) is 0 Å². The van der Waals surface area contributed by atoms with Crippen LogP contribution in [0.5, 0.6) is 0 Å². The molecule has 1 saturated carbocycles. The second kappa shape index (κ2) is 6.08. The van der Waals surface area contributed by atoms with E-state index in [1.54, 1.807) is 7.11 Å². The van der Waals surface area contributed by atoms with Crippen LogP contribution in [0.1, 0.15) is 24.8 Å². The zero-order chi connectivity index (χ0) is 17.5. The third-order valence-electron chi connectivity index (χ3n) is 4.60. The van der Waals surface area contributed by atoms with Gasteiger partial charge in [-0.2, -0.15) is 13.2 Å². The van der Waals surface area contributed by atoms with Crippen LogP contribution in [0.15, 0.2) is 27.8 Å². The number of alkyl halides is 3. The minimum atomic E-state index is -4.54. The lowest BCUT2D eigenvalue weighted by molar-refractivity contribution is -0.137. The molecule has 1 aromatic heterocycles. The van der Waals surface area contributed by atoms with Crippen molar-refractivity contribution in [2.24, 2.45) is 5.92 Å². The summed E-state index contributed by atoms with van der Waals surface area (Å²) < 4.78 is 44.6. The number of ether oxygens (including phenoxy) is 1. The number of aromatic amines is 1. The van der Waals surface area contributed by atoms with Crippen molar-refractivity contribution in [3.05, 3.63) is 44.6 Å². The van der Waals surface area contributed by atoms with Crippen molar-refractivity contribution >= 4 is 10.9 Å². The molecule has 1 N–H and O–H groups in total. The zero-order valence-corrected chi connectivity index (χ0v) is 13.0. The third-order valence-corrected chi connectivity index (χ3v) is 4.60. The first kappa shape index (κ1) is 16.8. The molecule has 2 aromatic rings. The van der Waals surface area contributed by atoms with Gasteiger partial charge in [-0.3, -0.25) is 9.36 Å². The highest BCUT2D eigenvalue weighted by atomic mass is 19.4. The van der Waals surface area contributed by atoms with Crippen LogP contribution >= 0.6 is 0 Å². The first-order valence-corrected chi connectivity index (χ1v) is 7.66. The summed E-state index contributed by atoms with van der Waals surface area (Å²) in [5, 5.41) is -0.132. The van der Waals surface area contributed by atoms with Gasteiger partial charge >= 0.3 is 11.9 Å². The predicted octanol–water partition coefficient (Wildman–Crippen LogP) is 2.52. The molecule has 24 heavy (non-hydrogen) atoms. The maximum Gasteiger partial charge on any atom is 0.416 e. The number of aromatic nitrogens is 2. The van der Waals surface area contributed by atoms with E-state index < -0.39 is 23.0 Å². The van der Waals surface area contributed by atoms with Gasteiger partial charge in [0.05, 0.1) is 22.6 Å². The minimum absolute atomic E-state index is 0.109. The fraction of sp³-hybridized carbons (Fsp3) is 0.500. The number of benzene rings is 1. The molecule has 1 fully saturated rings. The van der Waals surface area contributed by atoms with Gasteiger partial charge in [-0.05, 0) is 43.4 Å². The van der Waals surface area contributed by atoms with E-state index in [-0.39, 0.29) is 23.6 Å². The highest BCUT2D eigenvalue weighted by molar-refractivity contribution is 5.78. The van der Waals surface area contributed by atoms with Crippen molar-refractivity contribution in [1.29, 1.82) is 0 Å². The minimum Gasteiger partial charge on any atom is -0.381 e. The molecule has 3 rings (SSSR count). The molecule has 5 nitrogen and oxygen atoms in total. The van der Waals surface area contributed by atoms with Gasteiger partial charge in [0.25, 0.3) is 5.56 Å². The van der Waals surface area contributed by atoms with E-state index in [1.165, 1.54) is 0 Å².